The lowest BCUT2D eigenvalue weighted by Crippen LogP contribution is -2.38. The summed E-state index contributed by atoms with van der Waals surface area (Å²) < 4.78 is 34.1. The quantitative estimate of drug-likeness (QED) is 0.0222. The van der Waals surface area contributed by atoms with Crippen molar-refractivity contribution in [1.82, 2.24) is 0 Å². The average Bonchev–Trinajstić information content (AvgIpc) is 2.93. The number of aliphatic hydroxyl groups is 1. The van der Waals surface area contributed by atoms with Crippen molar-refractivity contribution in [2.75, 3.05) is 61.7 Å². The highest BCUT2D eigenvalue weighted by Gasteiger charge is 2.28. The fourth-order valence-corrected chi connectivity index (χ4v) is 5.56. The van der Waals surface area contributed by atoms with E-state index in [9.17, 15) is 14.6 Å². The second-order valence-electron chi connectivity index (χ2n) is 12.4. The van der Waals surface area contributed by atoms with Crippen LogP contribution in [0.2, 0.25) is 0 Å². The molecule has 0 amide bonds. The summed E-state index contributed by atoms with van der Waals surface area (Å²) in [4.78, 5) is 23.4. The molecule has 0 spiro atoms. The number of quaternary nitrogens is 1. The van der Waals surface area contributed by atoms with Gasteiger partial charge < -0.3 is 33.0 Å². The first-order valence-corrected chi connectivity index (χ1v) is 17.9. The molecule has 0 radical (unpaired) electrons. The van der Waals surface area contributed by atoms with Crippen molar-refractivity contribution in [3.63, 3.8) is 0 Å². The van der Waals surface area contributed by atoms with Crippen LogP contribution in [-0.2, 0) is 32.9 Å². The lowest BCUT2D eigenvalue weighted by atomic mass is 10.0. The number of aliphatic hydroxyl groups excluding tert-OH is 1. The topological polar surface area (TPSA) is 116 Å². The summed E-state index contributed by atoms with van der Waals surface area (Å²) in [5.74, 6) is 0. The molecule has 0 fully saturated rings. The van der Waals surface area contributed by atoms with E-state index in [0.29, 0.717) is 30.3 Å². The van der Waals surface area contributed by atoms with E-state index in [1.807, 2.05) is 21.1 Å². The fourth-order valence-electron chi connectivity index (χ4n) is 4.62. The number of phosphoric ester groups is 1. The number of likely N-dealkylation sites (N-methyl/N-ethyl adjacent to an activating group) is 1. The molecule has 0 saturated heterocycles. The molecule has 0 heterocycles. The Labute approximate surface area is 257 Å². The van der Waals surface area contributed by atoms with Crippen LogP contribution in [0.3, 0.4) is 0 Å². The first-order chi connectivity index (χ1) is 20.1. The summed E-state index contributed by atoms with van der Waals surface area (Å²) in [7, 11) is 4.46. The Bertz CT molecular complexity index is 632. The van der Waals surface area contributed by atoms with E-state index in [2.05, 4.69) is 6.92 Å². The van der Waals surface area contributed by atoms with Gasteiger partial charge in [0.05, 0.1) is 40.5 Å². The molecule has 0 aromatic heterocycles. The van der Waals surface area contributed by atoms with Crippen molar-refractivity contribution >= 4 is 7.82 Å². The van der Waals surface area contributed by atoms with E-state index in [-0.39, 0.29) is 19.5 Å². The van der Waals surface area contributed by atoms with E-state index in [1.165, 1.54) is 70.6 Å². The molecule has 0 aliphatic heterocycles. The van der Waals surface area contributed by atoms with Gasteiger partial charge in [-0.25, -0.2) is 9.78 Å². The molecule has 42 heavy (non-hydrogen) atoms. The third-order valence-corrected chi connectivity index (χ3v) is 8.38. The lowest BCUT2D eigenvalue weighted by Gasteiger charge is -2.32. The summed E-state index contributed by atoms with van der Waals surface area (Å²) in [5.41, 5.74) is 0. The third-order valence-electron chi connectivity index (χ3n) is 7.35. The second kappa shape index (κ2) is 27.2. The zero-order valence-electron chi connectivity index (χ0n) is 27.9. The number of rotatable bonds is 32. The Morgan fingerprint density at radius 1 is 0.714 bits per heavy atom. The molecule has 2 unspecified atom stereocenters. The van der Waals surface area contributed by atoms with Crippen molar-refractivity contribution < 1.29 is 47.3 Å². The smallest absolute Gasteiger partial charge is 0.268 e. The number of unbranched alkanes of at least 4 members (excludes halogenated alkanes) is 14. The summed E-state index contributed by atoms with van der Waals surface area (Å²) in [6, 6.07) is 0. The molecule has 0 aromatic rings. The van der Waals surface area contributed by atoms with Crippen LogP contribution >= 0.6 is 7.82 Å². The SMILES string of the molecule is CCCCCCCCCCCCCCCCC(OP(=O)([O-])OCC[N+](C)(C)C)[C@H](CO)OOCCCCC(OC)OC. The highest BCUT2D eigenvalue weighted by molar-refractivity contribution is 7.45. The Morgan fingerprint density at radius 2 is 1.21 bits per heavy atom. The molecule has 0 aliphatic carbocycles. The maximum atomic E-state index is 12.6. The molecule has 254 valence electrons. The number of hydrogen-bond donors (Lipinski definition) is 1. The van der Waals surface area contributed by atoms with Crippen molar-refractivity contribution in [2.24, 2.45) is 0 Å². The summed E-state index contributed by atoms with van der Waals surface area (Å²) in [6.07, 6.45) is 17.8. The number of phosphoric acid groups is 1. The Morgan fingerprint density at radius 3 is 1.69 bits per heavy atom. The van der Waals surface area contributed by atoms with Crippen LogP contribution in [0, 0.1) is 0 Å². The van der Waals surface area contributed by atoms with Crippen molar-refractivity contribution in [3.8, 4) is 0 Å². The lowest BCUT2D eigenvalue weighted by molar-refractivity contribution is -0.870. The minimum atomic E-state index is -4.59. The molecular weight excluding hydrogens is 561 g/mol. The number of methoxy groups -OCH3 is 2. The van der Waals surface area contributed by atoms with Crippen molar-refractivity contribution in [2.45, 2.75) is 141 Å². The van der Waals surface area contributed by atoms with Gasteiger partial charge in [0.1, 0.15) is 19.3 Å². The van der Waals surface area contributed by atoms with Gasteiger partial charge >= 0.3 is 0 Å². The van der Waals surface area contributed by atoms with E-state index < -0.39 is 26.6 Å². The van der Waals surface area contributed by atoms with Gasteiger partial charge in [0.25, 0.3) is 7.82 Å². The minimum absolute atomic E-state index is 0.0148. The molecule has 0 saturated carbocycles. The Hall–Kier alpha value is -0.130. The van der Waals surface area contributed by atoms with E-state index >= 15 is 0 Å². The molecule has 0 aromatic carbocycles. The summed E-state index contributed by atoms with van der Waals surface area (Å²) in [5, 5.41) is 9.98. The van der Waals surface area contributed by atoms with Crippen LogP contribution in [-0.4, -0.2) is 89.8 Å². The summed E-state index contributed by atoms with van der Waals surface area (Å²) >= 11 is 0. The monoisotopic (exact) mass is 627 g/mol. The molecule has 0 rings (SSSR count). The van der Waals surface area contributed by atoms with Gasteiger partial charge in [0.2, 0.25) is 0 Å². The van der Waals surface area contributed by atoms with Crippen LogP contribution in [0.15, 0.2) is 0 Å². The summed E-state index contributed by atoms with van der Waals surface area (Å²) in [6.45, 7) is 2.63. The van der Waals surface area contributed by atoms with Gasteiger partial charge in [-0.2, -0.15) is 0 Å². The molecule has 3 atom stereocenters. The van der Waals surface area contributed by atoms with E-state index in [4.69, 9.17) is 28.3 Å². The standard InChI is InChI=1S/C31H66NO9P/c1-7-8-9-10-11-12-13-14-15-16-17-18-19-20-23-29(41-42(34,35)39-27-25-32(2,3)4)30(28-33)40-38-26-22-21-24-31(36-5)37-6/h29-31,33H,7-28H2,1-6H3/t29?,30-/m0/s1. The largest absolute Gasteiger partial charge is 0.756 e. The Balaban J connectivity index is 4.52. The molecule has 10 nitrogen and oxygen atoms in total. The minimum Gasteiger partial charge on any atom is -0.756 e. The second-order valence-corrected chi connectivity index (χ2v) is 13.7. The fraction of sp³-hybridized carbons (Fsp3) is 1.00. The number of nitrogens with zero attached hydrogens (tertiary/aromatic N) is 1. The maximum absolute atomic E-state index is 12.6. The van der Waals surface area contributed by atoms with Gasteiger partial charge in [-0.15, -0.1) is 0 Å². The first kappa shape index (κ1) is 41.9. The van der Waals surface area contributed by atoms with Gasteiger partial charge in [-0.1, -0.05) is 96.8 Å². The van der Waals surface area contributed by atoms with Crippen LogP contribution in [0.1, 0.15) is 122 Å². The van der Waals surface area contributed by atoms with Crippen LogP contribution < -0.4 is 4.89 Å². The van der Waals surface area contributed by atoms with Gasteiger partial charge in [0, 0.05) is 14.2 Å². The number of ether oxygens (including phenoxy) is 2. The predicted molar refractivity (Wildman–Crippen MR) is 166 cm³/mol. The molecule has 1 N–H and O–H groups in total. The molecule has 11 heteroatoms. The van der Waals surface area contributed by atoms with Crippen LogP contribution in [0.4, 0.5) is 0 Å². The average molecular weight is 628 g/mol. The van der Waals surface area contributed by atoms with Gasteiger partial charge in [0.15, 0.2) is 6.29 Å². The van der Waals surface area contributed by atoms with Gasteiger partial charge in [-0.3, -0.25) is 4.57 Å². The normalized spacial score (nSPS) is 15.3. The van der Waals surface area contributed by atoms with Crippen LogP contribution in [0.5, 0.6) is 0 Å². The van der Waals surface area contributed by atoms with Crippen molar-refractivity contribution in [3.05, 3.63) is 0 Å². The van der Waals surface area contributed by atoms with E-state index in [1.54, 1.807) is 14.2 Å². The molecule has 0 aliphatic rings. The van der Waals surface area contributed by atoms with Crippen molar-refractivity contribution in [1.29, 1.82) is 0 Å². The molecule has 0 bridgehead atoms. The maximum Gasteiger partial charge on any atom is 0.268 e. The van der Waals surface area contributed by atoms with Crippen LogP contribution in [0.25, 0.3) is 0 Å². The zero-order chi connectivity index (χ0) is 31.5. The zero-order valence-corrected chi connectivity index (χ0v) is 28.8. The first-order valence-electron chi connectivity index (χ1n) is 16.5. The third kappa shape index (κ3) is 26.3. The Kier molecular flexibility index (Phi) is 27.1. The predicted octanol–water partition coefficient (Wildman–Crippen LogP) is 6.53. The van der Waals surface area contributed by atoms with Gasteiger partial charge in [-0.05, 0) is 25.7 Å². The van der Waals surface area contributed by atoms with E-state index in [0.717, 1.165) is 25.7 Å². The number of hydrogen-bond acceptors (Lipinski definition) is 9. The highest BCUT2D eigenvalue weighted by Crippen LogP contribution is 2.41. The molecular formula is C31H66NO9P. The highest BCUT2D eigenvalue weighted by atomic mass is 31.2.